The molecule has 0 spiro atoms. The normalized spacial score (nSPS) is 14.9. The Hall–Kier alpha value is -1.20. The Kier molecular flexibility index (Phi) is 4.14. The van der Waals surface area contributed by atoms with Crippen molar-refractivity contribution >= 4 is 11.3 Å². The molecule has 0 aliphatic rings. The summed E-state index contributed by atoms with van der Waals surface area (Å²) in [6.45, 7) is 7.32. The number of thiazole rings is 1. The third kappa shape index (κ3) is 2.79. The second kappa shape index (κ2) is 5.63. The van der Waals surface area contributed by atoms with E-state index in [9.17, 15) is 0 Å². The van der Waals surface area contributed by atoms with E-state index in [1.54, 1.807) is 11.3 Å². The number of nitrogens with two attached hydrogens (primary N) is 1. The number of hydrogen-bond acceptors (Lipinski definition) is 4. The predicted molar refractivity (Wildman–Crippen MR) is 74.5 cm³/mol. The first-order chi connectivity index (χ1) is 8.59. The van der Waals surface area contributed by atoms with Gasteiger partial charge in [-0.2, -0.15) is 0 Å². The molecular formula is C13H20N4S. The van der Waals surface area contributed by atoms with Crippen LogP contribution in [0.3, 0.4) is 0 Å². The highest BCUT2D eigenvalue weighted by atomic mass is 32.1. The lowest BCUT2D eigenvalue weighted by Gasteiger charge is -2.19. The standard InChI is InChI=1S/C13H20N4S/c1-9(2)12(14)11-6-15-8-17(11)7-10(3)13-16-4-5-18-13/h4-6,8-10,12H,7,14H2,1-3H3. The lowest BCUT2D eigenvalue weighted by Crippen LogP contribution is -2.21. The van der Waals surface area contributed by atoms with Gasteiger partial charge in [0.25, 0.3) is 0 Å². The second-order valence-electron chi connectivity index (χ2n) is 5.01. The van der Waals surface area contributed by atoms with Crippen molar-refractivity contribution in [2.75, 3.05) is 0 Å². The molecule has 0 radical (unpaired) electrons. The van der Waals surface area contributed by atoms with Crippen LogP contribution in [0, 0.1) is 5.92 Å². The van der Waals surface area contributed by atoms with Crippen LogP contribution in [-0.4, -0.2) is 14.5 Å². The van der Waals surface area contributed by atoms with Crippen LogP contribution in [0.4, 0.5) is 0 Å². The molecule has 2 atom stereocenters. The van der Waals surface area contributed by atoms with Crippen molar-refractivity contribution in [3.63, 3.8) is 0 Å². The third-order valence-corrected chi connectivity index (χ3v) is 4.15. The molecule has 2 unspecified atom stereocenters. The van der Waals surface area contributed by atoms with Gasteiger partial charge in [0.15, 0.2) is 0 Å². The fraction of sp³-hybridized carbons (Fsp3) is 0.538. The van der Waals surface area contributed by atoms with Gasteiger partial charge in [-0.25, -0.2) is 9.97 Å². The minimum atomic E-state index is 0.0380. The van der Waals surface area contributed by atoms with Gasteiger partial charge < -0.3 is 10.3 Å². The van der Waals surface area contributed by atoms with Crippen LogP contribution in [0.5, 0.6) is 0 Å². The Labute approximate surface area is 112 Å². The van der Waals surface area contributed by atoms with E-state index < -0.39 is 0 Å². The summed E-state index contributed by atoms with van der Waals surface area (Å²) in [4.78, 5) is 8.59. The fourth-order valence-electron chi connectivity index (χ4n) is 1.95. The van der Waals surface area contributed by atoms with Gasteiger partial charge in [0.2, 0.25) is 0 Å². The van der Waals surface area contributed by atoms with Crippen LogP contribution >= 0.6 is 11.3 Å². The summed E-state index contributed by atoms with van der Waals surface area (Å²) in [7, 11) is 0. The summed E-state index contributed by atoms with van der Waals surface area (Å²) in [5.74, 6) is 0.799. The van der Waals surface area contributed by atoms with Crippen molar-refractivity contribution in [1.82, 2.24) is 14.5 Å². The van der Waals surface area contributed by atoms with Crippen LogP contribution in [0.2, 0.25) is 0 Å². The van der Waals surface area contributed by atoms with Crippen molar-refractivity contribution in [1.29, 1.82) is 0 Å². The number of rotatable bonds is 5. The van der Waals surface area contributed by atoms with E-state index in [4.69, 9.17) is 5.73 Å². The van der Waals surface area contributed by atoms with Gasteiger partial charge in [-0.15, -0.1) is 11.3 Å². The summed E-state index contributed by atoms with van der Waals surface area (Å²) in [6, 6.07) is 0.0380. The average molecular weight is 264 g/mol. The van der Waals surface area contributed by atoms with Gasteiger partial charge in [-0.1, -0.05) is 20.8 Å². The molecule has 18 heavy (non-hydrogen) atoms. The smallest absolute Gasteiger partial charge is 0.0970 e. The summed E-state index contributed by atoms with van der Waals surface area (Å²) in [6.07, 6.45) is 5.59. The van der Waals surface area contributed by atoms with E-state index >= 15 is 0 Å². The average Bonchev–Trinajstić information content (AvgIpc) is 2.98. The molecule has 0 aliphatic heterocycles. The van der Waals surface area contributed by atoms with Gasteiger partial charge in [0.1, 0.15) is 0 Å². The van der Waals surface area contributed by atoms with Crippen LogP contribution in [0.25, 0.3) is 0 Å². The molecule has 0 aromatic carbocycles. The molecule has 4 nitrogen and oxygen atoms in total. The van der Waals surface area contributed by atoms with E-state index in [0.717, 1.165) is 17.2 Å². The first kappa shape index (κ1) is 13.2. The Morgan fingerprint density at radius 3 is 2.78 bits per heavy atom. The largest absolute Gasteiger partial charge is 0.332 e. The van der Waals surface area contributed by atoms with Gasteiger partial charge in [0, 0.05) is 36.3 Å². The number of imidazole rings is 1. The van der Waals surface area contributed by atoms with Crippen molar-refractivity contribution in [2.45, 2.75) is 39.3 Å². The van der Waals surface area contributed by atoms with Gasteiger partial charge in [0.05, 0.1) is 17.0 Å². The highest BCUT2D eigenvalue weighted by Crippen LogP contribution is 2.23. The topological polar surface area (TPSA) is 56.7 Å². The Balaban J connectivity index is 2.13. The van der Waals surface area contributed by atoms with E-state index in [-0.39, 0.29) is 6.04 Å². The quantitative estimate of drug-likeness (QED) is 0.903. The monoisotopic (exact) mass is 264 g/mol. The lowest BCUT2D eigenvalue weighted by molar-refractivity contribution is 0.466. The molecule has 2 aromatic rings. The number of hydrogen-bond donors (Lipinski definition) is 1. The highest BCUT2D eigenvalue weighted by Gasteiger charge is 2.17. The van der Waals surface area contributed by atoms with E-state index in [0.29, 0.717) is 11.8 Å². The molecule has 98 valence electrons. The van der Waals surface area contributed by atoms with E-state index in [1.807, 2.05) is 24.1 Å². The van der Waals surface area contributed by atoms with Crippen LogP contribution in [0.15, 0.2) is 24.1 Å². The molecule has 0 saturated heterocycles. The third-order valence-electron chi connectivity index (χ3n) is 3.15. The number of aromatic nitrogens is 3. The second-order valence-corrected chi connectivity index (χ2v) is 5.94. The predicted octanol–water partition coefficient (Wildman–Crippen LogP) is 2.80. The maximum Gasteiger partial charge on any atom is 0.0970 e. The SMILES string of the molecule is CC(Cn1cncc1C(N)C(C)C)c1nccs1. The molecular weight excluding hydrogens is 244 g/mol. The number of nitrogens with zero attached hydrogens (tertiary/aromatic N) is 3. The maximum absolute atomic E-state index is 6.20. The molecule has 0 saturated carbocycles. The molecule has 5 heteroatoms. The Morgan fingerprint density at radius 2 is 2.17 bits per heavy atom. The molecule has 0 bridgehead atoms. The molecule has 0 amide bonds. The molecule has 0 fully saturated rings. The Bertz CT molecular complexity index is 475. The van der Waals surface area contributed by atoms with Gasteiger partial charge in [-0.05, 0) is 5.92 Å². The van der Waals surface area contributed by atoms with Crippen molar-refractivity contribution < 1.29 is 0 Å². The lowest BCUT2D eigenvalue weighted by atomic mass is 10.0. The van der Waals surface area contributed by atoms with Crippen molar-refractivity contribution in [3.8, 4) is 0 Å². The molecule has 2 heterocycles. The summed E-state index contributed by atoms with van der Waals surface area (Å²) in [5.41, 5.74) is 7.31. The first-order valence-electron chi connectivity index (χ1n) is 6.24. The minimum Gasteiger partial charge on any atom is -0.332 e. The van der Waals surface area contributed by atoms with E-state index in [2.05, 4.69) is 35.3 Å². The van der Waals surface area contributed by atoms with Gasteiger partial charge in [-0.3, -0.25) is 0 Å². The molecule has 2 rings (SSSR count). The molecule has 0 aliphatic carbocycles. The van der Waals surface area contributed by atoms with Crippen LogP contribution in [-0.2, 0) is 6.54 Å². The molecule has 2 N–H and O–H groups in total. The van der Waals surface area contributed by atoms with E-state index in [1.165, 1.54) is 0 Å². The fourth-order valence-corrected chi connectivity index (χ4v) is 2.64. The zero-order valence-electron chi connectivity index (χ0n) is 11.1. The highest BCUT2D eigenvalue weighted by molar-refractivity contribution is 7.09. The van der Waals surface area contributed by atoms with Gasteiger partial charge >= 0.3 is 0 Å². The summed E-state index contributed by atoms with van der Waals surface area (Å²) < 4.78 is 2.15. The van der Waals surface area contributed by atoms with Crippen LogP contribution in [0.1, 0.15) is 43.4 Å². The zero-order valence-corrected chi connectivity index (χ0v) is 11.9. The summed E-state index contributed by atoms with van der Waals surface area (Å²) >= 11 is 1.70. The van der Waals surface area contributed by atoms with Crippen molar-refractivity contribution in [2.24, 2.45) is 11.7 Å². The minimum absolute atomic E-state index is 0.0380. The Morgan fingerprint density at radius 1 is 1.39 bits per heavy atom. The van der Waals surface area contributed by atoms with Crippen LogP contribution < -0.4 is 5.73 Å². The van der Waals surface area contributed by atoms with Crippen molar-refractivity contribution in [3.05, 3.63) is 34.8 Å². The molecule has 2 aromatic heterocycles. The zero-order chi connectivity index (χ0) is 13.1. The summed E-state index contributed by atoms with van der Waals surface area (Å²) in [5, 5.41) is 3.17. The maximum atomic E-state index is 6.20. The first-order valence-corrected chi connectivity index (χ1v) is 7.12.